The van der Waals surface area contributed by atoms with Gasteiger partial charge in [-0.2, -0.15) is 0 Å². The third-order valence-electron chi connectivity index (χ3n) is 2.90. The average Bonchev–Trinajstić information content (AvgIpc) is 2.77. The summed E-state index contributed by atoms with van der Waals surface area (Å²) >= 11 is 5.00. The maximum Gasteiger partial charge on any atom is 0.138 e. The van der Waals surface area contributed by atoms with E-state index >= 15 is 0 Å². The standard InChI is InChI=1S/C11H15N3OS/c12-10(16)9-2-1-4-13-11(9)14-5-3-8(6-14)7-15/h1-2,4,8,15H,3,5-7H2,(H2,12,16). The average molecular weight is 237 g/mol. The van der Waals surface area contributed by atoms with Crippen molar-refractivity contribution in [3.63, 3.8) is 0 Å². The lowest BCUT2D eigenvalue weighted by molar-refractivity contribution is 0.238. The summed E-state index contributed by atoms with van der Waals surface area (Å²) in [4.78, 5) is 6.83. The minimum absolute atomic E-state index is 0.228. The van der Waals surface area contributed by atoms with E-state index in [0.29, 0.717) is 10.9 Å². The van der Waals surface area contributed by atoms with Crippen molar-refractivity contribution in [2.24, 2.45) is 11.7 Å². The quantitative estimate of drug-likeness (QED) is 0.751. The molecule has 1 aromatic heterocycles. The van der Waals surface area contributed by atoms with Gasteiger partial charge in [0.25, 0.3) is 0 Å². The zero-order valence-electron chi connectivity index (χ0n) is 8.97. The van der Waals surface area contributed by atoms with E-state index in [4.69, 9.17) is 23.1 Å². The second kappa shape index (κ2) is 4.76. The second-order valence-electron chi connectivity index (χ2n) is 4.02. The van der Waals surface area contributed by atoms with Crippen LogP contribution in [-0.2, 0) is 0 Å². The van der Waals surface area contributed by atoms with Crippen LogP contribution in [0.25, 0.3) is 0 Å². The van der Waals surface area contributed by atoms with Crippen LogP contribution in [-0.4, -0.2) is 34.8 Å². The van der Waals surface area contributed by atoms with E-state index in [1.54, 1.807) is 6.20 Å². The highest BCUT2D eigenvalue weighted by Crippen LogP contribution is 2.24. The Bertz CT molecular complexity index is 397. The normalized spacial score (nSPS) is 20.1. The molecule has 0 saturated carbocycles. The Labute approximate surface area is 100 Å². The smallest absolute Gasteiger partial charge is 0.138 e. The third-order valence-corrected chi connectivity index (χ3v) is 3.12. The van der Waals surface area contributed by atoms with Crippen LogP contribution >= 0.6 is 12.2 Å². The summed E-state index contributed by atoms with van der Waals surface area (Å²) in [5, 5.41) is 9.11. The zero-order valence-corrected chi connectivity index (χ0v) is 9.78. The molecule has 5 heteroatoms. The lowest BCUT2D eigenvalue weighted by Crippen LogP contribution is -2.25. The number of thiocarbonyl (C=S) groups is 1. The van der Waals surface area contributed by atoms with E-state index in [9.17, 15) is 0 Å². The van der Waals surface area contributed by atoms with Crippen molar-refractivity contribution in [3.8, 4) is 0 Å². The van der Waals surface area contributed by atoms with E-state index in [0.717, 1.165) is 30.9 Å². The van der Waals surface area contributed by atoms with Gasteiger partial charge in [-0.25, -0.2) is 4.98 Å². The predicted octanol–water partition coefficient (Wildman–Crippen LogP) is 0.534. The largest absolute Gasteiger partial charge is 0.396 e. The number of rotatable bonds is 3. The fourth-order valence-corrected chi connectivity index (χ4v) is 2.17. The van der Waals surface area contributed by atoms with E-state index in [1.165, 1.54) is 0 Å². The molecule has 2 rings (SSSR count). The number of hydrogen-bond acceptors (Lipinski definition) is 4. The number of aromatic nitrogens is 1. The van der Waals surface area contributed by atoms with Gasteiger partial charge in [-0.15, -0.1) is 0 Å². The molecule has 1 fully saturated rings. The number of hydrogen-bond donors (Lipinski definition) is 2. The minimum atomic E-state index is 0.228. The maximum atomic E-state index is 9.11. The number of anilines is 1. The predicted molar refractivity (Wildman–Crippen MR) is 67.5 cm³/mol. The lowest BCUT2D eigenvalue weighted by Gasteiger charge is -2.19. The molecule has 0 radical (unpaired) electrons. The van der Waals surface area contributed by atoms with Crippen molar-refractivity contribution in [1.29, 1.82) is 0 Å². The van der Waals surface area contributed by atoms with Gasteiger partial charge in [-0.05, 0) is 18.6 Å². The van der Waals surface area contributed by atoms with E-state index in [2.05, 4.69) is 9.88 Å². The topological polar surface area (TPSA) is 62.4 Å². The van der Waals surface area contributed by atoms with Crippen molar-refractivity contribution >= 4 is 23.0 Å². The summed E-state index contributed by atoms with van der Waals surface area (Å²) in [5.74, 6) is 1.17. The minimum Gasteiger partial charge on any atom is -0.396 e. The Morgan fingerprint density at radius 3 is 3.12 bits per heavy atom. The molecule has 0 bridgehead atoms. The highest BCUT2D eigenvalue weighted by Gasteiger charge is 2.24. The monoisotopic (exact) mass is 237 g/mol. The molecule has 86 valence electrons. The van der Waals surface area contributed by atoms with Crippen molar-refractivity contribution in [3.05, 3.63) is 23.9 Å². The Morgan fingerprint density at radius 2 is 2.50 bits per heavy atom. The van der Waals surface area contributed by atoms with Gasteiger partial charge in [0.15, 0.2) is 0 Å². The molecule has 1 aliphatic rings. The van der Waals surface area contributed by atoms with E-state index < -0.39 is 0 Å². The fourth-order valence-electron chi connectivity index (χ4n) is 2.02. The fraction of sp³-hybridized carbons (Fsp3) is 0.455. The van der Waals surface area contributed by atoms with E-state index in [1.807, 2.05) is 12.1 Å². The van der Waals surface area contributed by atoms with Crippen LogP contribution in [0.15, 0.2) is 18.3 Å². The van der Waals surface area contributed by atoms with Crippen molar-refractivity contribution in [2.45, 2.75) is 6.42 Å². The molecule has 16 heavy (non-hydrogen) atoms. The third kappa shape index (κ3) is 2.15. The Morgan fingerprint density at radius 1 is 1.69 bits per heavy atom. The Kier molecular flexibility index (Phi) is 3.36. The molecule has 1 unspecified atom stereocenters. The number of aliphatic hydroxyl groups excluding tert-OH is 1. The molecule has 0 amide bonds. The summed E-state index contributed by atoms with van der Waals surface area (Å²) in [6.45, 7) is 1.95. The molecule has 1 aliphatic heterocycles. The van der Waals surface area contributed by atoms with Crippen molar-refractivity contribution < 1.29 is 5.11 Å². The Balaban J connectivity index is 2.24. The molecule has 1 saturated heterocycles. The van der Waals surface area contributed by atoms with Gasteiger partial charge in [0, 0.05) is 31.8 Å². The first-order valence-corrected chi connectivity index (χ1v) is 5.74. The van der Waals surface area contributed by atoms with Crippen LogP contribution in [0.3, 0.4) is 0 Å². The first kappa shape index (κ1) is 11.3. The highest BCUT2D eigenvalue weighted by atomic mass is 32.1. The van der Waals surface area contributed by atoms with Crippen LogP contribution in [0, 0.1) is 5.92 Å². The van der Waals surface area contributed by atoms with Gasteiger partial charge in [0.2, 0.25) is 0 Å². The van der Waals surface area contributed by atoms with Crippen LogP contribution in [0.4, 0.5) is 5.82 Å². The van der Waals surface area contributed by atoms with Gasteiger partial charge in [-0.1, -0.05) is 12.2 Å². The van der Waals surface area contributed by atoms with Gasteiger partial charge < -0.3 is 15.7 Å². The molecule has 3 N–H and O–H groups in total. The van der Waals surface area contributed by atoms with Crippen LogP contribution in [0.1, 0.15) is 12.0 Å². The number of nitrogens with two attached hydrogens (primary N) is 1. The zero-order chi connectivity index (χ0) is 11.5. The van der Waals surface area contributed by atoms with Crippen molar-refractivity contribution in [1.82, 2.24) is 4.98 Å². The molecular weight excluding hydrogens is 222 g/mol. The summed E-state index contributed by atoms with van der Waals surface area (Å²) in [6, 6.07) is 3.72. The summed E-state index contributed by atoms with van der Waals surface area (Å²) in [5.41, 5.74) is 6.48. The molecule has 0 aliphatic carbocycles. The van der Waals surface area contributed by atoms with Crippen LogP contribution in [0.5, 0.6) is 0 Å². The molecule has 1 aromatic rings. The molecule has 2 heterocycles. The van der Waals surface area contributed by atoms with Gasteiger partial charge in [0.05, 0.1) is 5.56 Å². The highest BCUT2D eigenvalue weighted by molar-refractivity contribution is 7.80. The summed E-state index contributed by atoms with van der Waals surface area (Å²) in [7, 11) is 0. The molecule has 0 spiro atoms. The number of aliphatic hydroxyl groups is 1. The second-order valence-corrected chi connectivity index (χ2v) is 4.46. The molecule has 4 nitrogen and oxygen atoms in total. The van der Waals surface area contributed by atoms with Gasteiger partial charge in [0.1, 0.15) is 10.8 Å². The first-order chi connectivity index (χ1) is 7.72. The molecule has 1 atom stereocenters. The molecule has 0 aromatic carbocycles. The molecular formula is C11H15N3OS. The summed E-state index contributed by atoms with van der Waals surface area (Å²) in [6.07, 6.45) is 2.73. The van der Waals surface area contributed by atoms with Crippen LogP contribution in [0.2, 0.25) is 0 Å². The van der Waals surface area contributed by atoms with Crippen molar-refractivity contribution in [2.75, 3.05) is 24.6 Å². The Hall–Kier alpha value is -1.20. The van der Waals surface area contributed by atoms with Gasteiger partial charge in [-0.3, -0.25) is 0 Å². The number of pyridine rings is 1. The SMILES string of the molecule is NC(=S)c1cccnc1N1CCC(CO)C1. The summed E-state index contributed by atoms with van der Waals surface area (Å²) < 4.78 is 0. The lowest BCUT2D eigenvalue weighted by atomic mass is 10.1. The van der Waals surface area contributed by atoms with Crippen LogP contribution < -0.4 is 10.6 Å². The van der Waals surface area contributed by atoms with E-state index in [-0.39, 0.29) is 6.61 Å². The first-order valence-electron chi connectivity index (χ1n) is 5.33. The maximum absolute atomic E-state index is 9.11. The number of nitrogens with zero attached hydrogens (tertiary/aromatic N) is 2. The van der Waals surface area contributed by atoms with Gasteiger partial charge >= 0.3 is 0 Å².